The summed E-state index contributed by atoms with van der Waals surface area (Å²) in [4.78, 5) is 12.1. The highest BCUT2D eigenvalue weighted by molar-refractivity contribution is 5.83. The first kappa shape index (κ1) is 20.3. The number of carbonyl (C=O) groups is 1. The van der Waals surface area contributed by atoms with Gasteiger partial charge in [-0.3, -0.25) is 4.79 Å². The SMILES string of the molecule is C=CCNC(=O)C(C)c1ccc(OCc2cccc(-c3ccc(F)cc3)c2)cc1. The van der Waals surface area contributed by atoms with E-state index < -0.39 is 0 Å². The topological polar surface area (TPSA) is 38.3 Å². The molecule has 0 fully saturated rings. The van der Waals surface area contributed by atoms with E-state index in [4.69, 9.17) is 4.74 Å². The van der Waals surface area contributed by atoms with Crippen LogP contribution < -0.4 is 10.1 Å². The minimum Gasteiger partial charge on any atom is -0.489 e. The molecular weight excluding hydrogens is 365 g/mol. The van der Waals surface area contributed by atoms with Crippen LogP contribution >= 0.6 is 0 Å². The molecule has 3 aromatic carbocycles. The largest absolute Gasteiger partial charge is 0.489 e. The summed E-state index contributed by atoms with van der Waals surface area (Å²) in [6.07, 6.45) is 1.66. The van der Waals surface area contributed by atoms with Gasteiger partial charge in [-0.1, -0.05) is 48.5 Å². The summed E-state index contributed by atoms with van der Waals surface area (Å²) in [5.74, 6) is 0.219. The smallest absolute Gasteiger partial charge is 0.227 e. The van der Waals surface area contributed by atoms with E-state index in [1.807, 2.05) is 55.5 Å². The van der Waals surface area contributed by atoms with E-state index in [1.54, 1.807) is 18.2 Å². The van der Waals surface area contributed by atoms with Crippen LogP contribution in [0.2, 0.25) is 0 Å². The maximum absolute atomic E-state index is 13.1. The van der Waals surface area contributed by atoms with Crippen molar-refractivity contribution >= 4 is 5.91 Å². The second-order valence-electron chi connectivity index (χ2n) is 6.82. The van der Waals surface area contributed by atoms with Gasteiger partial charge in [0.2, 0.25) is 5.91 Å². The molecule has 0 radical (unpaired) electrons. The second-order valence-corrected chi connectivity index (χ2v) is 6.82. The van der Waals surface area contributed by atoms with Gasteiger partial charge in [0, 0.05) is 6.54 Å². The van der Waals surface area contributed by atoms with Crippen LogP contribution in [0.15, 0.2) is 85.5 Å². The summed E-state index contributed by atoms with van der Waals surface area (Å²) >= 11 is 0. The van der Waals surface area contributed by atoms with Crippen molar-refractivity contribution in [2.75, 3.05) is 6.54 Å². The number of carbonyl (C=O) groups excluding carboxylic acids is 1. The predicted octanol–water partition coefficient (Wildman–Crippen LogP) is 5.48. The number of hydrogen-bond acceptors (Lipinski definition) is 2. The van der Waals surface area contributed by atoms with Crippen molar-refractivity contribution in [1.29, 1.82) is 0 Å². The molecule has 29 heavy (non-hydrogen) atoms. The molecule has 3 nitrogen and oxygen atoms in total. The van der Waals surface area contributed by atoms with Crippen molar-refractivity contribution < 1.29 is 13.9 Å². The second kappa shape index (κ2) is 9.69. The van der Waals surface area contributed by atoms with E-state index in [-0.39, 0.29) is 17.6 Å². The molecule has 1 N–H and O–H groups in total. The first-order chi connectivity index (χ1) is 14.1. The Bertz CT molecular complexity index is 965. The number of benzene rings is 3. The predicted molar refractivity (Wildman–Crippen MR) is 114 cm³/mol. The van der Waals surface area contributed by atoms with Crippen molar-refractivity contribution in [3.63, 3.8) is 0 Å². The molecule has 1 atom stereocenters. The van der Waals surface area contributed by atoms with Crippen LogP contribution in [-0.2, 0) is 11.4 Å². The zero-order valence-corrected chi connectivity index (χ0v) is 16.4. The van der Waals surface area contributed by atoms with Gasteiger partial charge in [-0.2, -0.15) is 0 Å². The summed E-state index contributed by atoms with van der Waals surface area (Å²) in [6.45, 7) is 6.35. The fraction of sp³-hybridized carbons (Fsp3) is 0.160. The molecule has 0 saturated heterocycles. The van der Waals surface area contributed by atoms with E-state index >= 15 is 0 Å². The molecule has 1 amide bonds. The van der Waals surface area contributed by atoms with Crippen LogP contribution in [0.3, 0.4) is 0 Å². The van der Waals surface area contributed by atoms with Crippen LogP contribution in [0.1, 0.15) is 24.0 Å². The molecular formula is C25H24FNO2. The van der Waals surface area contributed by atoms with Gasteiger partial charge < -0.3 is 10.1 Å². The third-order valence-corrected chi connectivity index (χ3v) is 4.70. The fourth-order valence-corrected chi connectivity index (χ4v) is 2.98. The standard InChI is InChI=1S/C25H24FNO2/c1-3-15-27-25(28)18(2)20-9-13-24(14-10-20)29-17-19-5-4-6-22(16-19)21-7-11-23(26)12-8-21/h3-14,16,18H,1,15,17H2,2H3,(H,27,28). The Labute approximate surface area is 170 Å². The van der Waals surface area contributed by atoms with Crippen LogP contribution in [0.25, 0.3) is 11.1 Å². The summed E-state index contributed by atoms with van der Waals surface area (Å²) in [6, 6.07) is 22.0. The van der Waals surface area contributed by atoms with E-state index in [2.05, 4.69) is 11.9 Å². The van der Waals surface area contributed by atoms with Gasteiger partial charge in [-0.05, 0) is 59.5 Å². The summed E-state index contributed by atoms with van der Waals surface area (Å²) in [5, 5.41) is 2.80. The molecule has 0 aliphatic heterocycles. The zero-order valence-electron chi connectivity index (χ0n) is 16.4. The average molecular weight is 389 g/mol. The maximum Gasteiger partial charge on any atom is 0.227 e. The maximum atomic E-state index is 13.1. The van der Waals surface area contributed by atoms with Crippen molar-refractivity contribution in [3.8, 4) is 16.9 Å². The molecule has 4 heteroatoms. The molecule has 148 valence electrons. The van der Waals surface area contributed by atoms with Crippen LogP contribution in [0, 0.1) is 5.82 Å². The lowest BCUT2D eigenvalue weighted by Gasteiger charge is -2.13. The van der Waals surface area contributed by atoms with Crippen LogP contribution in [0.4, 0.5) is 4.39 Å². The lowest BCUT2D eigenvalue weighted by Crippen LogP contribution is -2.27. The van der Waals surface area contributed by atoms with Gasteiger partial charge in [0.05, 0.1) is 5.92 Å². The zero-order chi connectivity index (χ0) is 20.6. The van der Waals surface area contributed by atoms with Gasteiger partial charge in [0.25, 0.3) is 0 Å². The Kier molecular flexibility index (Phi) is 6.80. The number of hydrogen-bond donors (Lipinski definition) is 1. The molecule has 0 heterocycles. The third kappa shape index (κ3) is 5.55. The molecule has 0 aromatic heterocycles. The highest BCUT2D eigenvalue weighted by atomic mass is 19.1. The Morgan fingerprint density at radius 2 is 1.79 bits per heavy atom. The molecule has 3 rings (SSSR count). The number of rotatable bonds is 8. The van der Waals surface area contributed by atoms with E-state index in [0.717, 1.165) is 28.0 Å². The van der Waals surface area contributed by atoms with Gasteiger partial charge in [0.15, 0.2) is 0 Å². The number of amides is 1. The highest BCUT2D eigenvalue weighted by Crippen LogP contribution is 2.23. The fourth-order valence-electron chi connectivity index (χ4n) is 2.98. The third-order valence-electron chi connectivity index (χ3n) is 4.70. The molecule has 1 unspecified atom stereocenters. The van der Waals surface area contributed by atoms with Crippen molar-refractivity contribution in [2.45, 2.75) is 19.4 Å². The summed E-state index contributed by atoms with van der Waals surface area (Å²) < 4.78 is 19.0. The molecule has 0 bridgehead atoms. The highest BCUT2D eigenvalue weighted by Gasteiger charge is 2.14. The van der Waals surface area contributed by atoms with Gasteiger partial charge in [-0.15, -0.1) is 6.58 Å². The normalized spacial score (nSPS) is 11.5. The van der Waals surface area contributed by atoms with Crippen molar-refractivity contribution in [1.82, 2.24) is 5.32 Å². The van der Waals surface area contributed by atoms with Gasteiger partial charge >= 0.3 is 0 Å². The molecule has 0 aliphatic carbocycles. The molecule has 0 saturated carbocycles. The van der Waals surface area contributed by atoms with E-state index in [0.29, 0.717) is 13.2 Å². The number of nitrogens with one attached hydrogen (secondary N) is 1. The number of halogens is 1. The Hall–Kier alpha value is -3.40. The lowest BCUT2D eigenvalue weighted by atomic mass is 10.0. The Morgan fingerprint density at radius 3 is 2.48 bits per heavy atom. The molecule has 0 aliphatic rings. The van der Waals surface area contributed by atoms with Gasteiger partial charge in [-0.25, -0.2) is 4.39 Å². The van der Waals surface area contributed by atoms with E-state index in [1.165, 1.54) is 12.1 Å². The minimum absolute atomic E-state index is 0.0313. The van der Waals surface area contributed by atoms with Crippen LogP contribution in [0.5, 0.6) is 5.75 Å². The van der Waals surface area contributed by atoms with E-state index in [9.17, 15) is 9.18 Å². The van der Waals surface area contributed by atoms with Crippen molar-refractivity contribution in [2.24, 2.45) is 0 Å². The lowest BCUT2D eigenvalue weighted by molar-refractivity contribution is -0.122. The Morgan fingerprint density at radius 1 is 1.07 bits per heavy atom. The minimum atomic E-state index is -0.246. The van der Waals surface area contributed by atoms with Crippen LogP contribution in [-0.4, -0.2) is 12.5 Å². The monoisotopic (exact) mass is 389 g/mol. The average Bonchev–Trinajstić information content (AvgIpc) is 2.76. The summed E-state index contributed by atoms with van der Waals surface area (Å²) in [7, 11) is 0. The van der Waals surface area contributed by atoms with Gasteiger partial charge in [0.1, 0.15) is 18.2 Å². The molecule has 0 spiro atoms. The Balaban J connectivity index is 1.61. The first-order valence-corrected chi connectivity index (χ1v) is 9.53. The summed E-state index contributed by atoms with van der Waals surface area (Å²) in [5.41, 5.74) is 3.92. The van der Waals surface area contributed by atoms with Crippen molar-refractivity contribution in [3.05, 3.63) is 102 Å². The quantitative estimate of drug-likeness (QED) is 0.518. The first-order valence-electron chi connectivity index (χ1n) is 9.53. The number of ether oxygens (including phenoxy) is 1. The molecule has 3 aromatic rings.